The number of aromatic nitrogens is 2. The van der Waals surface area contributed by atoms with Gasteiger partial charge in [-0.2, -0.15) is 4.98 Å². The van der Waals surface area contributed by atoms with Crippen molar-refractivity contribution in [2.75, 3.05) is 12.4 Å². The van der Waals surface area contributed by atoms with Crippen LogP contribution in [-0.2, 0) is 0 Å². The first-order valence-electron chi connectivity index (χ1n) is 6.19. The summed E-state index contributed by atoms with van der Waals surface area (Å²) < 4.78 is 6.17. The Morgan fingerprint density at radius 2 is 2.00 bits per heavy atom. The molecule has 4 nitrogen and oxygen atoms in total. The van der Waals surface area contributed by atoms with E-state index in [0.29, 0.717) is 5.82 Å². The fourth-order valence-corrected chi connectivity index (χ4v) is 2.54. The first-order chi connectivity index (χ1) is 10.2. The van der Waals surface area contributed by atoms with Crippen LogP contribution < -0.4 is 10.1 Å². The van der Waals surface area contributed by atoms with Crippen molar-refractivity contribution in [2.45, 2.75) is 0 Å². The van der Waals surface area contributed by atoms with E-state index in [2.05, 4.69) is 31.2 Å². The molecule has 0 atom stereocenters. The number of hydrogen-bond donors (Lipinski definition) is 1. The number of fused-ring (bicyclic) bond motifs is 1. The van der Waals surface area contributed by atoms with Gasteiger partial charge in [-0.1, -0.05) is 22.0 Å². The maximum atomic E-state index is 5.99. The summed E-state index contributed by atoms with van der Waals surface area (Å²) in [5.41, 5.74) is 1.65. The van der Waals surface area contributed by atoms with E-state index < -0.39 is 0 Å². The minimum atomic E-state index is 0.204. The fraction of sp³-hybridized carbons (Fsp3) is 0.0667. The lowest BCUT2D eigenvalue weighted by atomic mass is 10.2. The topological polar surface area (TPSA) is 47.0 Å². The van der Waals surface area contributed by atoms with Crippen molar-refractivity contribution in [3.05, 3.63) is 52.2 Å². The van der Waals surface area contributed by atoms with Gasteiger partial charge in [-0.05, 0) is 41.9 Å². The predicted octanol–water partition coefficient (Wildman–Crippen LogP) is 4.80. The Balaban J connectivity index is 2.08. The van der Waals surface area contributed by atoms with Crippen LogP contribution in [0.5, 0.6) is 5.75 Å². The van der Waals surface area contributed by atoms with Crippen molar-refractivity contribution < 1.29 is 4.74 Å². The number of methoxy groups -OCH3 is 1. The van der Waals surface area contributed by atoms with E-state index in [1.165, 1.54) is 0 Å². The highest BCUT2D eigenvalue weighted by Crippen LogP contribution is 2.28. The first kappa shape index (κ1) is 14.1. The second-order valence-electron chi connectivity index (χ2n) is 4.36. The lowest BCUT2D eigenvalue weighted by Gasteiger charge is -2.10. The Bertz CT molecular complexity index is 810. The van der Waals surface area contributed by atoms with Gasteiger partial charge in [0.05, 0.1) is 12.6 Å². The van der Waals surface area contributed by atoms with Crippen LogP contribution in [0.3, 0.4) is 0 Å². The zero-order chi connectivity index (χ0) is 14.8. The van der Waals surface area contributed by atoms with Crippen molar-refractivity contribution in [3.63, 3.8) is 0 Å². The third-order valence-corrected chi connectivity index (χ3v) is 3.63. The zero-order valence-electron chi connectivity index (χ0n) is 11.1. The van der Waals surface area contributed by atoms with Gasteiger partial charge in [0, 0.05) is 21.6 Å². The second kappa shape index (κ2) is 5.87. The second-order valence-corrected chi connectivity index (χ2v) is 5.61. The highest BCUT2D eigenvalue weighted by molar-refractivity contribution is 9.10. The van der Waals surface area contributed by atoms with E-state index in [1.54, 1.807) is 7.11 Å². The third-order valence-electron chi connectivity index (χ3n) is 2.96. The summed E-state index contributed by atoms with van der Waals surface area (Å²) in [5, 5.41) is 4.34. The van der Waals surface area contributed by atoms with Gasteiger partial charge < -0.3 is 10.1 Å². The molecule has 0 saturated heterocycles. The lowest BCUT2D eigenvalue weighted by Crippen LogP contribution is -1.97. The van der Waals surface area contributed by atoms with Crippen LogP contribution in [0, 0.1) is 0 Å². The van der Waals surface area contributed by atoms with E-state index in [0.717, 1.165) is 26.8 Å². The number of hydrogen-bond acceptors (Lipinski definition) is 4. The Morgan fingerprint density at radius 3 is 2.81 bits per heavy atom. The Hall–Kier alpha value is -1.85. The van der Waals surface area contributed by atoms with Gasteiger partial charge in [-0.15, -0.1) is 0 Å². The van der Waals surface area contributed by atoms with Crippen LogP contribution in [0.15, 0.2) is 46.9 Å². The van der Waals surface area contributed by atoms with E-state index in [1.807, 2.05) is 42.5 Å². The minimum absolute atomic E-state index is 0.204. The van der Waals surface area contributed by atoms with Crippen molar-refractivity contribution in [2.24, 2.45) is 0 Å². The van der Waals surface area contributed by atoms with Gasteiger partial charge in [-0.3, -0.25) is 0 Å². The molecule has 1 aromatic heterocycles. The Labute approximate surface area is 135 Å². The normalized spacial score (nSPS) is 10.6. The number of nitrogens with zero attached hydrogens (tertiary/aromatic N) is 2. The molecule has 2 aromatic carbocycles. The number of nitrogens with one attached hydrogen (secondary N) is 1. The van der Waals surface area contributed by atoms with Gasteiger partial charge in [-0.25, -0.2) is 4.98 Å². The molecule has 0 aliphatic rings. The molecule has 1 heterocycles. The van der Waals surface area contributed by atoms with Gasteiger partial charge >= 0.3 is 0 Å². The summed E-state index contributed by atoms with van der Waals surface area (Å²) >= 11 is 9.45. The number of rotatable bonds is 3. The zero-order valence-corrected chi connectivity index (χ0v) is 13.4. The molecule has 0 radical (unpaired) electrons. The summed E-state index contributed by atoms with van der Waals surface area (Å²) in [6.45, 7) is 0. The van der Waals surface area contributed by atoms with E-state index in [4.69, 9.17) is 16.3 Å². The Kier molecular flexibility index (Phi) is 3.94. The van der Waals surface area contributed by atoms with Crippen LogP contribution >= 0.6 is 27.5 Å². The van der Waals surface area contributed by atoms with Gasteiger partial charge in [0.1, 0.15) is 11.6 Å². The SMILES string of the molecule is COc1cccc(Nc2nc(Cl)nc3ccc(Br)cc23)c1. The number of benzene rings is 2. The molecule has 0 spiro atoms. The van der Waals surface area contributed by atoms with Crippen LogP contribution in [0.1, 0.15) is 0 Å². The minimum Gasteiger partial charge on any atom is -0.497 e. The molecule has 0 fully saturated rings. The molecule has 3 aromatic rings. The van der Waals surface area contributed by atoms with E-state index in [-0.39, 0.29) is 5.28 Å². The molecule has 0 saturated carbocycles. The van der Waals surface area contributed by atoms with Crippen molar-refractivity contribution in [1.82, 2.24) is 9.97 Å². The summed E-state index contributed by atoms with van der Waals surface area (Å²) in [7, 11) is 1.63. The molecule has 0 aliphatic carbocycles. The molecule has 1 N–H and O–H groups in total. The standard InChI is InChI=1S/C15H11BrClN3O/c1-21-11-4-2-3-10(8-11)18-14-12-7-9(16)5-6-13(12)19-15(17)20-14/h2-8H,1H3,(H,18,19,20). The van der Waals surface area contributed by atoms with Crippen LogP contribution in [-0.4, -0.2) is 17.1 Å². The molecule has 21 heavy (non-hydrogen) atoms. The quantitative estimate of drug-likeness (QED) is 0.678. The third kappa shape index (κ3) is 3.09. The number of halogens is 2. The van der Waals surface area contributed by atoms with Gasteiger partial charge in [0.25, 0.3) is 0 Å². The molecule has 0 aliphatic heterocycles. The van der Waals surface area contributed by atoms with E-state index in [9.17, 15) is 0 Å². The Morgan fingerprint density at radius 1 is 1.14 bits per heavy atom. The average Bonchev–Trinajstić information content (AvgIpc) is 2.48. The van der Waals surface area contributed by atoms with E-state index >= 15 is 0 Å². The van der Waals surface area contributed by atoms with Crippen LogP contribution in [0.2, 0.25) is 5.28 Å². The summed E-state index contributed by atoms with van der Waals surface area (Å²) in [5.74, 6) is 1.42. The van der Waals surface area contributed by atoms with Crippen molar-refractivity contribution in [3.8, 4) is 5.75 Å². The predicted molar refractivity (Wildman–Crippen MR) is 88.5 cm³/mol. The maximum absolute atomic E-state index is 5.99. The van der Waals surface area contributed by atoms with Gasteiger partial charge in [0.2, 0.25) is 5.28 Å². The number of anilines is 2. The summed E-state index contributed by atoms with van der Waals surface area (Å²) in [4.78, 5) is 8.50. The molecular weight excluding hydrogens is 354 g/mol. The van der Waals surface area contributed by atoms with Crippen LogP contribution in [0.4, 0.5) is 11.5 Å². The highest BCUT2D eigenvalue weighted by atomic mass is 79.9. The summed E-state index contributed by atoms with van der Waals surface area (Å²) in [6.07, 6.45) is 0. The fourth-order valence-electron chi connectivity index (χ4n) is 2.01. The molecule has 0 bridgehead atoms. The van der Waals surface area contributed by atoms with Crippen molar-refractivity contribution >= 4 is 49.9 Å². The molecule has 6 heteroatoms. The lowest BCUT2D eigenvalue weighted by molar-refractivity contribution is 0.415. The maximum Gasteiger partial charge on any atom is 0.224 e. The van der Waals surface area contributed by atoms with Crippen LogP contribution in [0.25, 0.3) is 10.9 Å². The molecule has 0 unspecified atom stereocenters. The largest absolute Gasteiger partial charge is 0.497 e. The first-order valence-corrected chi connectivity index (χ1v) is 7.37. The number of ether oxygens (including phenoxy) is 1. The molecule has 106 valence electrons. The van der Waals surface area contributed by atoms with Gasteiger partial charge in [0.15, 0.2) is 0 Å². The molecule has 3 rings (SSSR count). The summed E-state index contributed by atoms with van der Waals surface area (Å²) in [6, 6.07) is 13.4. The smallest absolute Gasteiger partial charge is 0.224 e. The molecular formula is C15H11BrClN3O. The average molecular weight is 365 g/mol. The van der Waals surface area contributed by atoms with Crippen molar-refractivity contribution in [1.29, 1.82) is 0 Å². The monoisotopic (exact) mass is 363 g/mol. The molecule has 0 amide bonds. The highest BCUT2D eigenvalue weighted by Gasteiger charge is 2.08.